The van der Waals surface area contributed by atoms with Crippen molar-refractivity contribution in [3.05, 3.63) is 62.0 Å². The van der Waals surface area contributed by atoms with Gasteiger partial charge in [-0.3, -0.25) is 9.36 Å². The average molecular weight is 317 g/mol. The Labute approximate surface area is 130 Å². The van der Waals surface area contributed by atoms with Crippen LogP contribution in [0.25, 0.3) is 10.2 Å². The zero-order chi connectivity index (χ0) is 14.4. The summed E-state index contributed by atoms with van der Waals surface area (Å²) in [6, 6.07) is 7.57. The number of halogens is 1. The van der Waals surface area contributed by atoms with Crippen LogP contribution in [0.2, 0.25) is 5.02 Å². The highest BCUT2D eigenvalue weighted by molar-refractivity contribution is 7.18. The molecule has 0 unspecified atom stereocenters. The highest BCUT2D eigenvalue weighted by atomic mass is 35.5. The summed E-state index contributed by atoms with van der Waals surface area (Å²) in [5, 5.41) is 1.54. The highest BCUT2D eigenvalue weighted by Gasteiger charge is 2.21. The first kappa shape index (κ1) is 13.0. The molecule has 3 aromatic rings. The van der Waals surface area contributed by atoms with Crippen molar-refractivity contribution in [3.8, 4) is 0 Å². The van der Waals surface area contributed by atoms with Crippen LogP contribution in [0.3, 0.4) is 0 Å². The molecule has 2 aromatic heterocycles. The number of nitrogens with zero attached hydrogens (tertiary/aromatic N) is 2. The summed E-state index contributed by atoms with van der Waals surface area (Å²) in [5.41, 5.74) is 2.36. The summed E-state index contributed by atoms with van der Waals surface area (Å²) in [4.78, 5) is 19.4. The van der Waals surface area contributed by atoms with Gasteiger partial charge < -0.3 is 0 Å². The minimum atomic E-state index is 0.0781. The molecule has 0 amide bonds. The van der Waals surface area contributed by atoms with Gasteiger partial charge in [0, 0.05) is 9.90 Å². The molecular weight excluding hydrogens is 304 g/mol. The third kappa shape index (κ3) is 2.19. The quantitative estimate of drug-likeness (QED) is 0.723. The third-order valence-electron chi connectivity index (χ3n) is 3.96. The van der Waals surface area contributed by atoms with Crippen LogP contribution in [0.15, 0.2) is 35.4 Å². The molecule has 1 aromatic carbocycles. The van der Waals surface area contributed by atoms with E-state index in [0.29, 0.717) is 11.6 Å². The second-order valence-corrected chi connectivity index (χ2v) is 6.86. The second-order valence-electron chi connectivity index (χ2n) is 5.34. The lowest BCUT2D eigenvalue weighted by Gasteiger charge is -2.06. The molecular formula is C16H13ClN2OS. The molecule has 2 heterocycles. The number of benzene rings is 1. The Morgan fingerprint density at radius 1 is 1.24 bits per heavy atom. The first-order valence-electron chi connectivity index (χ1n) is 6.96. The molecule has 0 saturated heterocycles. The highest BCUT2D eigenvalue weighted by Crippen LogP contribution is 2.34. The Morgan fingerprint density at radius 2 is 2.05 bits per heavy atom. The van der Waals surface area contributed by atoms with Crippen LogP contribution in [0.4, 0.5) is 0 Å². The van der Waals surface area contributed by atoms with Gasteiger partial charge in [0.25, 0.3) is 5.56 Å². The topological polar surface area (TPSA) is 34.9 Å². The first-order chi connectivity index (χ1) is 10.2. The molecule has 3 nitrogen and oxygen atoms in total. The second kappa shape index (κ2) is 4.97. The first-order valence-corrected chi connectivity index (χ1v) is 8.16. The average Bonchev–Trinajstić information content (AvgIpc) is 3.04. The van der Waals surface area contributed by atoms with Gasteiger partial charge in [-0.25, -0.2) is 4.98 Å². The van der Waals surface area contributed by atoms with Crippen LogP contribution in [-0.2, 0) is 19.4 Å². The molecule has 0 bridgehead atoms. The van der Waals surface area contributed by atoms with E-state index in [-0.39, 0.29) is 5.56 Å². The van der Waals surface area contributed by atoms with Gasteiger partial charge in [0.15, 0.2) is 0 Å². The van der Waals surface area contributed by atoms with Gasteiger partial charge in [0.05, 0.1) is 18.3 Å². The van der Waals surface area contributed by atoms with E-state index in [1.54, 1.807) is 22.2 Å². The number of aromatic nitrogens is 2. The van der Waals surface area contributed by atoms with Crippen molar-refractivity contribution in [3.63, 3.8) is 0 Å². The van der Waals surface area contributed by atoms with Gasteiger partial charge >= 0.3 is 0 Å². The smallest absolute Gasteiger partial charge is 0.262 e. The minimum Gasteiger partial charge on any atom is -0.294 e. The number of thiophene rings is 1. The summed E-state index contributed by atoms with van der Waals surface area (Å²) in [6.07, 6.45) is 4.91. The van der Waals surface area contributed by atoms with E-state index in [1.807, 2.05) is 24.3 Å². The van der Waals surface area contributed by atoms with Crippen molar-refractivity contribution in [2.75, 3.05) is 0 Å². The van der Waals surface area contributed by atoms with Gasteiger partial charge in [-0.1, -0.05) is 23.7 Å². The Morgan fingerprint density at radius 3 is 2.86 bits per heavy atom. The van der Waals surface area contributed by atoms with Crippen molar-refractivity contribution in [2.24, 2.45) is 0 Å². The SMILES string of the molecule is O=c1c2c3c(sc2ncn1Cc1ccc(Cl)cc1)CCC3. The Hall–Kier alpha value is -1.65. The van der Waals surface area contributed by atoms with Crippen LogP contribution in [0.5, 0.6) is 0 Å². The molecule has 4 rings (SSSR count). The molecule has 0 fully saturated rings. The maximum absolute atomic E-state index is 12.7. The minimum absolute atomic E-state index is 0.0781. The number of hydrogen-bond acceptors (Lipinski definition) is 3. The maximum Gasteiger partial charge on any atom is 0.262 e. The lowest BCUT2D eigenvalue weighted by atomic mass is 10.2. The van der Waals surface area contributed by atoms with Crippen molar-refractivity contribution in [1.82, 2.24) is 9.55 Å². The molecule has 0 N–H and O–H groups in total. The summed E-state index contributed by atoms with van der Waals surface area (Å²) < 4.78 is 1.69. The van der Waals surface area contributed by atoms with Gasteiger partial charge in [-0.15, -0.1) is 11.3 Å². The van der Waals surface area contributed by atoms with Gasteiger partial charge in [-0.05, 0) is 42.5 Å². The molecule has 0 aliphatic heterocycles. The fraction of sp³-hybridized carbons (Fsp3) is 0.250. The number of rotatable bonds is 2. The van der Waals surface area contributed by atoms with E-state index in [1.165, 1.54) is 10.4 Å². The molecule has 1 aliphatic carbocycles. The van der Waals surface area contributed by atoms with E-state index < -0.39 is 0 Å². The van der Waals surface area contributed by atoms with E-state index in [0.717, 1.165) is 35.0 Å². The van der Waals surface area contributed by atoms with Gasteiger partial charge in [-0.2, -0.15) is 0 Å². The zero-order valence-corrected chi connectivity index (χ0v) is 12.9. The molecule has 1 aliphatic rings. The molecule has 5 heteroatoms. The van der Waals surface area contributed by atoms with Gasteiger partial charge in [0.2, 0.25) is 0 Å². The molecule has 0 saturated carbocycles. The predicted molar refractivity (Wildman–Crippen MR) is 86.5 cm³/mol. The normalized spacial score (nSPS) is 13.8. The molecule has 21 heavy (non-hydrogen) atoms. The third-order valence-corrected chi connectivity index (χ3v) is 5.41. The van der Waals surface area contributed by atoms with E-state index >= 15 is 0 Å². The molecule has 0 atom stereocenters. The van der Waals surface area contributed by atoms with Gasteiger partial charge in [0.1, 0.15) is 4.83 Å². The van der Waals surface area contributed by atoms with Crippen LogP contribution >= 0.6 is 22.9 Å². The largest absolute Gasteiger partial charge is 0.294 e. The fourth-order valence-electron chi connectivity index (χ4n) is 2.92. The Balaban J connectivity index is 1.81. The monoisotopic (exact) mass is 316 g/mol. The van der Waals surface area contributed by atoms with Crippen molar-refractivity contribution >= 4 is 33.2 Å². The Bertz CT molecular complexity index is 880. The van der Waals surface area contributed by atoms with Crippen LogP contribution < -0.4 is 5.56 Å². The Kier molecular flexibility index (Phi) is 3.08. The standard InChI is InChI=1S/C16H13ClN2OS/c17-11-6-4-10(5-7-11)8-19-9-18-15-14(16(19)20)12-2-1-3-13(12)21-15/h4-7,9H,1-3,8H2. The van der Waals surface area contributed by atoms with Crippen LogP contribution in [0.1, 0.15) is 22.4 Å². The van der Waals surface area contributed by atoms with Crippen molar-refractivity contribution in [1.29, 1.82) is 0 Å². The van der Waals surface area contributed by atoms with Crippen LogP contribution in [0, 0.1) is 0 Å². The predicted octanol–water partition coefficient (Wildman–Crippen LogP) is 3.65. The fourth-order valence-corrected chi connectivity index (χ4v) is 4.26. The number of aryl methyl sites for hydroxylation is 2. The summed E-state index contributed by atoms with van der Waals surface area (Å²) in [7, 11) is 0. The maximum atomic E-state index is 12.7. The summed E-state index contributed by atoms with van der Waals surface area (Å²) in [6.45, 7) is 0.531. The van der Waals surface area contributed by atoms with Crippen molar-refractivity contribution in [2.45, 2.75) is 25.8 Å². The number of hydrogen-bond donors (Lipinski definition) is 0. The van der Waals surface area contributed by atoms with E-state index in [2.05, 4.69) is 4.98 Å². The lowest BCUT2D eigenvalue weighted by molar-refractivity contribution is 0.748. The summed E-state index contributed by atoms with van der Waals surface area (Å²) >= 11 is 7.57. The molecule has 106 valence electrons. The van der Waals surface area contributed by atoms with E-state index in [4.69, 9.17) is 11.6 Å². The summed E-state index contributed by atoms with van der Waals surface area (Å²) in [5.74, 6) is 0. The van der Waals surface area contributed by atoms with E-state index in [9.17, 15) is 4.79 Å². The zero-order valence-electron chi connectivity index (χ0n) is 11.3. The lowest BCUT2D eigenvalue weighted by Crippen LogP contribution is -2.21. The number of fused-ring (bicyclic) bond motifs is 3. The van der Waals surface area contributed by atoms with Crippen LogP contribution in [-0.4, -0.2) is 9.55 Å². The van der Waals surface area contributed by atoms with Crippen molar-refractivity contribution < 1.29 is 0 Å². The molecule has 0 spiro atoms. The molecule has 0 radical (unpaired) electrons.